The number of nitrogens with zero attached hydrogens (tertiary/aromatic N) is 1. The molecule has 2 aromatic rings. The number of carboxylic acids is 1. The monoisotopic (exact) mass is 367 g/mol. The first kappa shape index (κ1) is 19.0. The molecule has 1 fully saturated rings. The van der Waals surface area contributed by atoms with E-state index in [4.69, 9.17) is 19.6 Å². The first-order valence-electron chi connectivity index (χ1n) is 9.32. The highest BCUT2D eigenvalue weighted by Gasteiger charge is 2.13. The van der Waals surface area contributed by atoms with E-state index in [-0.39, 0.29) is 5.56 Å². The Morgan fingerprint density at radius 1 is 1.15 bits per heavy atom. The van der Waals surface area contributed by atoms with Crippen LogP contribution in [-0.4, -0.2) is 30.4 Å². The van der Waals surface area contributed by atoms with Crippen molar-refractivity contribution in [3.63, 3.8) is 0 Å². The maximum absolute atomic E-state index is 11.0. The number of ether oxygens (including phenoxy) is 2. The molecule has 5 heteroatoms. The summed E-state index contributed by atoms with van der Waals surface area (Å²) in [6, 6.07) is 12.8. The smallest absolute Gasteiger partial charge is 0.335 e. The SMILES string of the molecule is COc1cccc(C=NC2CCCCC2)c1OCc1ccc(C(=O)O)cc1. The Balaban J connectivity index is 1.74. The lowest BCUT2D eigenvalue weighted by atomic mass is 9.96. The van der Waals surface area contributed by atoms with E-state index in [9.17, 15) is 4.79 Å². The molecule has 27 heavy (non-hydrogen) atoms. The predicted molar refractivity (Wildman–Crippen MR) is 105 cm³/mol. The largest absolute Gasteiger partial charge is 0.493 e. The summed E-state index contributed by atoms with van der Waals surface area (Å²) in [4.78, 5) is 15.7. The minimum Gasteiger partial charge on any atom is -0.493 e. The van der Waals surface area contributed by atoms with E-state index >= 15 is 0 Å². The average molecular weight is 367 g/mol. The van der Waals surface area contributed by atoms with Crippen molar-refractivity contribution in [2.24, 2.45) is 4.99 Å². The van der Waals surface area contributed by atoms with Crippen molar-refractivity contribution in [1.82, 2.24) is 0 Å². The lowest BCUT2D eigenvalue weighted by Gasteiger charge is -2.18. The summed E-state index contributed by atoms with van der Waals surface area (Å²) >= 11 is 0. The summed E-state index contributed by atoms with van der Waals surface area (Å²) in [6.07, 6.45) is 7.98. The molecule has 0 aliphatic heterocycles. The highest BCUT2D eigenvalue weighted by atomic mass is 16.5. The van der Waals surface area contributed by atoms with Gasteiger partial charge in [-0.3, -0.25) is 4.99 Å². The molecular formula is C22H25NO4. The fourth-order valence-corrected chi connectivity index (χ4v) is 3.26. The maximum atomic E-state index is 11.0. The van der Waals surface area contributed by atoms with Crippen LogP contribution in [0.15, 0.2) is 47.5 Å². The van der Waals surface area contributed by atoms with Crippen LogP contribution in [-0.2, 0) is 6.61 Å². The normalized spacial score (nSPS) is 15.0. The third-order valence-corrected chi connectivity index (χ3v) is 4.81. The third-order valence-electron chi connectivity index (χ3n) is 4.81. The molecule has 142 valence electrons. The molecule has 1 aliphatic carbocycles. The van der Waals surface area contributed by atoms with Crippen LogP contribution in [0.4, 0.5) is 0 Å². The average Bonchev–Trinajstić information content (AvgIpc) is 2.71. The van der Waals surface area contributed by atoms with Crippen LogP contribution < -0.4 is 9.47 Å². The molecular weight excluding hydrogens is 342 g/mol. The van der Waals surface area contributed by atoms with E-state index in [1.54, 1.807) is 31.4 Å². The molecule has 2 aromatic carbocycles. The summed E-state index contributed by atoms with van der Waals surface area (Å²) in [7, 11) is 1.62. The number of aromatic carboxylic acids is 1. The maximum Gasteiger partial charge on any atom is 0.335 e. The van der Waals surface area contributed by atoms with Crippen LogP contribution in [0.1, 0.15) is 53.6 Å². The van der Waals surface area contributed by atoms with Gasteiger partial charge in [-0.05, 0) is 42.7 Å². The van der Waals surface area contributed by atoms with Gasteiger partial charge in [-0.15, -0.1) is 0 Å². The van der Waals surface area contributed by atoms with Gasteiger partial charge in [-0.25, -0.2) is 4.79 Å². The number of benzene rings is 2. The molecule has 0 radical (unpaired) electrons. The van der Waals surface area contributed by atoms with E-state index in [1.165, 1.54) is 19.3 Å². The minimum atomic E-state index is -0.937. The molecule has 0 heterocycles. The van der Waals surface area contributed by atoms with Crippen molar-refractivity contribution >= 4 is 12.2 Å². The fourth-order valence-electron chi connectivity index (χ4n) is 3.26. The Labute approximate surface area is 159 Å². The molecule has 0 bridgehead atoms. The van der Waals surface area contributed by atoms with Crippen LogP contribution in [0, 0.1) is 0 Å². The van der Waals surface area contributed by atoms with Crippen molar-refractivity contribution in [3.05, 3.63) is 59.2 Å². The van der Waals surface area contributed by atoms with Gasteiger partial charge in [0.15, 0.2) is 11.5 Å². The Morgan fingerprint density at radius 3 is 2.56 bits per heavy atom. The second-order valence-corrected chi connectivity index (χ2v) is 6.74. The molecule has 0 saturated heterocycles. The van der Waals surface area contributed by atoms with E-state index in [1.807, 2.05) is 24.4 Å². The van der Waals surface area contributed by atoms with Crippen LogP contribution in [0.5, 0.6) is 11.5 Å². The minimum absolute atomic E-state index is 0.261. The van der Waals surface area contributed by atoms with Crippen molar-refractivity contribution in [1.29, 1.82) is 0 Å². The topological polar surface area (TPSA) is 68.1 Å². The summed E-state index contributed by atoms with van der Waals surface area (Å²) in [5.74, 6) is 0.375. The number of methoxy groups -OCH3 is 1. The predicted octanol–water partition coefficient (Wildman–Crippen LogP) is 4.72. The van der Waals surface area contributed by atoms with Crippen LogP contribution in [0.3, 0.4) is 0 Å². The van der Waals surface area contributed by atoms with Crippen molar-refractivity contribution < 1.29 is 19.4 Å². The fraction of sp³-hybridized carbons (Fsp3) is 0.364. The van der Waals surface area contributed by atoms with Gasteiger partial charge in [0.1, 0.15) is 6.61 Å². The van der Waals surface area contributed by atoms with Crippen LogP contribution in [0.25, 0.3) is 0 Å². The Bertz CT molecular complexity index is 792. The number of aliphatic imine (C=N–C) groups is 1. The second-order valence-electron chi connectivity index (χ2n) is 6.74. The highest BCUT2D eigenvalue weighted by Crippen LogP contribution is 2.31. The number of hydrogen-bond donors (Lipinski definition) is 1. The van der Waals surface area contributed by atoms with E-state index in [0.717, 1.165) is 24.0 Å². The van der Waals surface area contributed by atoms with Gasteiger partial charge < -0.3 is 14.6 Å². The molecule has 0 aromatic heterocycles. The number of hydrogen-bond acceptors (Lipinski definition) is 4. The van der Waals surface area contributed by atoms with Gasteiger partial charge in [0.05, 0.1) is 12.7 Å². The van der Waals surface area contributed by atoms with Gasteiger partial charge in [-0.1, -0.05) is 37.5 Å². The third kappa shape index (κ3) is 5.09. The van der Waals surface area contributed by atoms with E-state index in [2.05, 4.69) is 0 Å². The molecule has 1 aliphatic rings. The van der Waals surface area contributed by atoms with Gasteiger partial charge in [0.25, 0.3) is 0 Å². The Hall–Kier alpha value is -2.82. The molecule has 5 nitrogen and oxygen atoms in total. The van der Waals surface area contributed by atoms with Crippen LogP contribution >= 0.6 is 0 Å². The van der Waals surface area contributed by atoms with Gasteiger partial charge in [-0.2, -0.15) is 0 Å². The zero-order valence-electron chi connectivity index (χ0n) is 15.6. The Kier molecular flexibility index (Phi) is 6.47. The molecule has 3 rings (SSSR count). The van der Waals surface area contributed by atoms with Crippen molar-refractivity contribution in [3.8, 4) is 11.5 Å². The summed E-state index contributed by atoms with van der Waals surface area (Å²) in [6.45, 7) is 0.324. The van der Waals surface area contributed by atoms with Gasteiger partial charge in [0, 0.05) is 17.8 Å². The van der Waals surface area contributed by atoms with Crippen molar-refractivity contribution in [2.45, 2.75) is 44.8 Å². The standard InChI is InChI=1S/C22H25NO4/c1-26-20-9-5-6-18(14-23-19-7-3-2-4-8-19)21(20)27-15-16-10-12-17(13-11-16)22(24)25/h5-6,9-14,19H,2-4,7-8,15H2,1H3,(H,24,25). The quantitative estimate of drug-likeness (QED) is 0.719. The summed E-state index contributed by atoms with van der Waals surface area (Å²) in [5.41, 5.74) is 2.04. The highest BCUT2D eigenvalue weighted by molar-refractivity contribution is 5.87. The summed E-state index contributed by atoms with van der Waals surface area (Å²) < 4.78 is 11.5. The zero-order chi connectivity index (χ0) is 19.1. The number of carbonyl (C=O) groups is 1. The number of rotatable bonds is 7. The molecule has 1 saturated carbocycles. The zero-order valence-corrected chi connectivity index (χ0v) is 15.6. The lowest BCUT2D eigenvalue weighted by Crippen LogP contribution is -2.10. The first-order valence-corrected chi connectivity index (χ1v) is 9.32. The van der Waals surface area contributed by atoms with E-state index in [0.29, 0.717) is 24.1 Å². The molecule has 0 amide bonds. The molecule has 0 unspecified atom stereocenters. The molecule has 0 atom stereocenters. The molecule has 1 N–H and O–H groups in total. The van der Waals surface area contributed by atoms with Crippen molar-refractivity contribution in [2.75, 3.05) is 7.11 Å². The van der Waals surface area contributed by atoms with Gasteiger partial charge in [0.2, 0.25) is 0 Å². The van der Waals surface area contributed by atoms with E-state index < -0.39 is 5.97 Å². The first-order chi connectivity index (χ1) is 13.2. The lowest BCUT2D eigenvalue weighted by molar-refractivity contribution is 0.0697. The number of carboxylic acid groups (broad SMARTS) is 1. The number of para-hydroxylation sites is 1. The Morgan fingerprint density at radius 2 is 1.89 bits per heavy atom. The van der Waals surface area contributed by atoms with Gasteiger partial charge >= 0.3 is 5.97 Å². The molecule has 0 spiro atoms. The second kappa shape index (κ2) is 9.21. The summed E-state index contributed by atoms with van der Waals surface area (Å²) in [5, 5.41) is 8.99. The van der Waals surface area contributed by atoms with Crippen LogP contribution in [0.2, 0.25) is 0 Å².